The summed E-state index contributed by atoms with van der Waals surface area (Å²) in [5.41, 5.74) is 0.176. The lowest BCUT2D eigenvalue weighted by atomic mass is 10.4. The quantitative estimate of drug-likeness (QED) is 0.0723. The van der Waals surface area contributed by atoms with E-state index in [0.29, 0.717) is 99.1 Å². The van der Waals surface area contributed by atoms with Crippen LogP contribution in [0.1, 0.15) is 6.92 Å². The number of hydrogen-bond donors (Lipinski definition) is 3. The van der Waals surface area contributed by atoms with Crippen LogP contribution in [-0.2, 0) is 47.4 Å². The molecule has 0 aromatic heterocycles. The second-order valence-electron chi connectivity index (χ2n) is 6.86. The Bertz CT molecular complexity index is 453. The molecule has 36 heavy (non-hydrogen) atoms. The summed E-state index contributed by atoms with van der Waals surface area (Å²) in [5, 5.41) is 25.5. The van der Waals surface area contributed by atoms with Crippen LogP contribution in [0.5, 0.6) is 0 Å². The molecule has 0 aromatic carbocycles. The maximum atomic E-state index is 9.60. The van der Waals surface area contributed by atoms with E-state index >= 15 is 0 Å². The van der Waals surface area contributed by atoms with Gasteiger partial charge < -0.3 is 58.0 Å². The molecule has 216 valence electrons. The number of ether oxygens (including phenoxy) is 9. The summed E-state index contributed by atoms with van der Waals surface area (Å²) in [6.07, 6.45) is -0.896. The number of carbonyl (C=O) groups is 1. The van der Waals surface area contributed by atoms with Crippen molar-refractivity contribution < 1.29 is 62.7 Å². The molecule has 0 aliphatic carbocycles. The van der Waals surface area contributed by atoms with Crippen molar-refractivity contribution in [1.82, 2.24) is 0 Å². The maximum Gasteiger partial charge on any atom is 0.330 e. The molecule has 13 heteroatoms. The van der Waals surface area contributed by atoms with Gasteiger partial charge in [0.05, 0.1) is 112 Å². The van der Waals surface area contributed by atoms with Crippen LogP contribution < -0.4 is 0 Å². The molecule has 1 unspecified atom stereocenters. The Labute approximate surface area is 214 Å². The lowest BCUT2D eigenvalue weighted by molar-refractivity contribution is -0.132. The van der Waals surface area contributed by atoms with E-state index in [1.165, 1.54) is 14.0 Å². The van der Waals surface area contributed by atoms with Gasteiger partial charge in [-0.1, -0.05) is 6.58 Å². The standard InChI is InChI=1S/C19H40O11.C4H6O2/c1-22-19(21)18-30-17-16-29-15-14-28-13-12-27-11-10-26-9-8-25-7-6-24-5-4-23-3-2-20;1-3(2)4(5)6/h19-21H,2-18H2,1H3;1H2,2H3,(H,5,6). The number of methoxy groups -OCH3 is 1. The van der Waals surface area contributed by atoms with E-state index in [0.717, 1.165) is 0 Å². The number of hydrogen-bond acceptors (Lipinski definition) is 12. The van der Waals surface area contributed by atoms with E-state index in [-0.39, 0.29) is 18.8 Å². The molecule has 0 fully saturated rings. The first kappa shape index (κ1) is 36.9. The first-order valence-corrected chi connectivity index (χ1v) is 11.8. The van der Waals surface area contributed by atoms with Gasteiger partial charge in [0.15, 0.2) is 6.29 Å². The van der Waals surface area contributed by atoms with Crippen LogP contribution >= 0.6 is 0 Å². The Balaban J connectivity index is 0. The normalized spacial score (nSPS) is 11.7. The molecule has 0 bridgehead atoms. The van der Waals surface area contributed by atoms with Crippen LogP contribution in [0.2, 0.25) is 0 Å². The van der Waals surface area contributed by atoms with Gasteiger partial charge in [-0.3, -0.25) is 0 Å². The van der Waals surface area contributed by atoms with Gasteiger partial charge in [-0.05, 0) is 6.92 Å². The van der Waals surface area contributed by atoms with Crippen molar-refractivity contribution in [2.45, 2.75) is 13.2 Å². The molecule has 3 N–H and O–H groups in total. The van der Waals surface area contributed by atoms with Crippen molar-refractivity contribution >= 4 is 5.97 Å². The topological polar surface area (TPSA) is 161 Å². The number of aliphatic hydroxyl groups excluding tert-OH is 2. The predicted octanol–water partition coefficient (Wildman–Crippen LogP) is -0.277. The molecule has 0 aliphatic heterocycles. The number of carboxylic acids is 1. The molecule has 0 aromatic rings. The van der Waals surface area contributed by atoms with Crippen LogP contribution in [0.4, 0.5) is 0 Å². The van der Waals surface area contributed by atoms with Gasteiger partial charge in [-0.25, -0.2) is 4.79 Å². The molecule has 13 nitrogen and oxygen atoms in total. The summed E-state index contributed by atoms with van der Waals surface area (Å²) in [4.78, 5) is 9.60. The zero-order valence-corrected chi connectivity index (χ0v) is 21.7. The third-order valence-electron chi connectivity index (χ3n) is 3.74. The zero-order chi connectivity index (χ0) is 27.1. The SMILES string of the molecule is C=C(C)C(=O)O.COC(O)COCCOCCOCCOCCOCCOCCOCCOCCO. The van der Waals surface area contributed by atoms with Crippen LogP contribution in [0.3, 0.4) is 0 Å². The van der Waals surface area contributed by atoms with Crippen molar-refractivity contribution in [3.8, 4) is 0 Å². The Kier molecular flexibility index (Phi) is 32.6. The summed E-state index contributed by atoms with van der Waals surface area (Å²) in [5.74, 6) is -0.935. The van der Waals surface area contributed by atoms with Gasteiger partial charge in [0.2, 0.25) is 0 Å². The van der Waals surface area contributed by atoms with Crippen molar-refractivity contribution in [1.29, 1.82) is 0 Å². The largest absolute Gasteiger partial charge is 0.478 e. The Morgan fingerprint density at radius 3 is 1.11 bits per heavy atom. The monoisotopic (exact) mass is 530 g/mol. The van der Waals surface area contributed by atoms with E-state index in [2.05, 4.69) is 11.3 Å². The molecule has 0 radical (unpaired) electrons. The number of carboxylic acid groups (broad SMARTS) is 1. The van der Waals surface area contributed by atoms with E-state index < -0.39 is 12.3 Å². The fourth-order valence-electron chi connectivity index (χ4n) is 1.86. The molecule has 0 amide bonds. The molecular weight excluding hydrogens is 484 g/mol. The van der Waals surface area contributed by atoms with Gasteiger partial charge in [-0.15, -0.1) is 0 Å². The summed E-state index contributed by atoms with van der Waals surface area (Å²) in [6.45, 7) is 11.9. The maximum absolute atomic E-state index is 9.60. The van der Waals surface area contributed by atoms with Gasteiger partial charge in [0, 0.05) is 12.7 Å². The van der Waals surface area contributed by atoms with Gasteiger partial charge in [0.1, 0.15) is 0 Å². The van der Waals surface area contributed by atoms with Gasteiger partial charge in [-0.2, -0.15) is 0 Å². The summed E-state index contributed by atoms with van der Waals surface area (Å²) >= 11 is 0. The fraction of sp³-hybridized carbons (Fsp3) is 0.870. The second kappa shape index (κ2) is 31.8. The highest BCUT2D eigenvalue weighted by molar-refractivity contribution is 5.84. The average Bonchev–Trinajstić information content (AvgIpc) is 2.86. The molecule has 0 rings (SSSR count). The molecule has 0 spiro atoms. The van der Waals surface area contributed by atoms with E-state index in [9.17, 15) is 4.79 Å². The lowest BCUT2D eigenvalue weighted by Crippen LogP contribution is -2.19. The Morgan fingerprint density at radius 2 is 0.889 bits per heavy atom. The van der Waals surface area contributed by atoms with Crippen LogP contribution in [0.15, 0.2) is 12.2 Å². The number of aliphatic hydroxyl groups is 2. The van der Waals surface area contributed by atoms with Gasteiger partial charge in [0.25, 0.3) is 0 Å². The number of rotatable bonds is 27. The highest BCUT2D eigenvalue weighted by atomic mass is 16.6. The summed E-state index contributed by atoms with van der Waals surface area (Å²) in [6, 6.07) is 0. The molecule has 0 saturated heterocycles. The van der Waals surface area contributed by atoms with E-state index in [1.54, 1.807) is 0 Å². The molecule has 0 heterocycles. The summed E-state index contributed by atoms with van der Waals surface area (Å²) < 4.78 is 46.9. The molecular formula is C23H46O13. The Morgan fingerprint density at radius 1 is 0.639 bits per heavy atom. The third kappa shape index (κ3) is 34.9. The van der Waals surface area contributed by atoms with Crippen molar-refractivity contribution in [2.24, 2.45) is 0 Å². The van der Waals surface area contributed by atoms with Crippen molar-refractivity contribution in [3.63, 3.8) is 0 Å². The average molecular weight is 531 g/mol. The summed E-state index contributed by atoms with van der Waals surface area (Å²) in [7, 11) is 1.41. The first-order valence-electron chi connectivity index (χ1n) is 11.8. The van der Waals surface area contributed by atoms with Crippen molar-refractivity contribution in [2.75, 3.05) is 119 Å². The van der Waals surface area contributed by atoms with Crippen LogP contribution in [-0.4, -0.2) is 147 Å². The van der Waals surface area contributed by atoms with E-state index in [1.807, 2.05) is 0 Å². The van der Waals surface area contributed by atoms with Crippen LogP contribution in [0, 0.1) is 0 Å². The van der Waals surface area contributed by atoms with Crippen LogP contribution in [0.25, 0.3) is 0 Å². The predicted molar refractivity (Wildman–Crippen MR) is 129 cm³/mol. The van der Waals surface area contributed by atoms with Crippen molar-refractivity contribution in [3.05, 3.63) is 12.2 Å². The highest BCUT2D eigenvalue weighted by Crippen LogP contribution is 1.87. The minimum atomic E-state index is -0.935. The van der Waals surface area contributed by atoms with E-state index in [4.69, 9.17) is 53.2 Å². The molecule has 0 aliphatic rings. The minimum absolute atomic E-state index is 0.0263. The van der Waals surface area contributed by atoms with Gasteiger partial charge >= 0.3 is 5.97 Å². The second-order valence-corrected chi connectivity index (χ2v) is 6.86. The highest BCUT2D eigenvalue weighted by Gasteiger charge is 2.00. The first-order chi connectivity index (χ1) is 17.5. The Hall–Kier alpha value is -1.23. The third-order valence-corrected chi connectivity index (χ3v) is 3.74. The lowest BCUT2D eigenvalue weighted by Gasteiger charge is -2.10. The molecule has 1 atom stereocenters. The number of aliphatic carboxylic acids is 1. The fourth-order valence-corrected chi connectivity index (χ4v) is 1.86. The zero-order valence-electron chi connectivity index (χ0n) is 21.7. The minimum Gasteiger partial charge on any atom is -0.478 e. The smallest absolute Gasteiger partial charge is 0.330 e. The molecule has 0 saturated carbocycles.